The number of likely N-dealkylation sites (tertiary alicyclic amines) is 1. The van der Waals surface area contributed by atoms with Crippen LogP contribution in [-0.2, 0) is 0 Å². The molecule has 0 amide bonds. The van der Waals surface area contributed by atoms with Gasteiger partial charge >= 0.3 is 0 Å². The molecule has 1 aliphatic heterocycles. The molecular formula is C9H18N4O. The fraction of sp³-hybridized carbons (Fsp3) is 1.00. The Morgan fingerprint density at radius 1 is 1.64 bits per heavy atom. The van der Waals surface area contributed by atoms with Gasteiger partial charge in [-0.2, -0.15) is 0 Å². The van der Waals surface area contributed by atoms with Crippen molar-refractivity contribution < 1.29 is 5.11 Å². The van der Waals surface area contributed by atoms with E-state index >= 15 is 0 Å². The molecule has 1 rings (SSSR count). The highest BCUT2D eigenvalue weighted by Gasteiger charge is 2.25. The van der Waals surface area contributed by atoms with Crippen molar-refractivity contribution in [3.63, 3.8) is 0 Å². The zero-order valence-corrected chi connectivity index (χ0v) is 8.63. The van der Waals surface area contributed by atoms with Crippen molar-refractivity contribution in [2.45, 2.75) is 25.9 Å². The van der Waals surface area contributed by atoms with Gasteiger partial charge in [0.1, 0.15) is 0 Å². The topological polar surface area (TPSA) is 72.2 Å². The van der Waals surface area contributed by atoms with E-state index in [2.05, 4.69) is 21.8 Å². The van der Waals surface area contributed by atoms with Gasteiger partial charge in [0.25, 0.3) is 0 Å². The van der Waals surface area contributed by atoms with Crippen LogP contribution in [0.4, 0.5) is 0 Å². The predicted molar refractivity (Wildman–Crippen MR) is 54.9 cm³/mol. The molecular weight excluding hydrogens is 180 g/mol. The monoisotopic (exact) mass is 198 g/mol. The number of hydrogen-bond donors (Lipinski definition) is 1. The number of aliphatic hydroxyl groups is 1. The third-order valence-electron chi connectivity index (χ3n) is 2.88. The molecule has 0 aromatic heterocycles. The SMILES string of the molecule is CC[C@H]1CN(CCN=[N+]=[N-])CC[C@@H]1O. The van der Waals surface area contributed by atoms with Crippen molar-refractivity contribution in [2.75, 3.05) is 26.2 Å². The van der Waals surface area contributed by atoms with Gasteiger partial charge in [-0.15, -0.1) is 0 Å². The van der Waals surface area contributed by atoms with Crippen molar-refractivity contribution in [1.29, 1.82) is 0 Å². The molecule has 0 bridgehead atoms. The van der Waals surface area contributed by atoms with E-state index in [1.807, 2.05) is 0 Å². The molecule has 1 N–H and O–H groups in total. The van der Waals surface area contributed by atoms with E-state index in [9.17, 15) is 5.11 Å². The number of azide groups is 1. The van der Waals surface area contributed by atoms with Gasteiger partial charge < -0.3 is 10.0 Å². The van der Waals surface area contributed by atoms with Crippen molar-refractivity contribution >= 4 is 0 Å². The smallest absolute Gasteiger partial charge is 0.0592 e. The Labute approximate surface area is 84.3 Å². The van der Waals surface area contributed by atoms with Crippen LogP contribution < -0.4 is 0 Å². The maximum atomic E-state index is 9.65. The van der Waals surface area contributed by atoms with Gasteiger partial charge in [-0.05, 0) is 24.3 Å². The molecule has 0 aromatic rings. The second-order valence-corrected chi connectivity index (χ2v) is 3.78. The van der Waals surface area contributed by atoms with Crippen molar-refractivity contribution in [1.82, 2.24) is 4.90 Å². The van der Waals surface area contributed by atoms with E-state index in [0.29, 0.717) is 12.5 Å². The van der Waals surface area contributed by atoms with Gasteiger partial charge in [0.2, 0.25) is 0 Å². The van der Waals surface area contributed by atoms with Gasteiger partial charge in [0.05, 0.1) is 6.10 Å². The van der Waals surface area contributed by atoms with E-state index in [1.165, 1.54) is 0 Å². The zero-order chi connectivity index (χ0) is 10.4. The third-order valence-corrected chi connectivity index (χ3v) is 2.88. The van der Waals surface area contributed by atoms with Crippen LogP contribution in [0.1, 0.15) is 19.8 Å². The Hall–Kier alpha value is -0.770. The van der Waals surface area contributed by atoms with Gasteiger partial charge in [0.15, 0.2) is 0 Å². The Morgan fingerprint density at radius 3 is 3.07 bits per heavy atom. The summed E-state index contributed by atoms with van der Waals surface area (Å²) in [4.78, 5) is 4.98. The number of rotatable bonds is 4. The zero-order valence-electron chi connectivity index (χ0n) is 8.63. The molecule has 5 nitrogen and oxygen atoms in total. The van der Waals surface area contributed by atoms with Crippen LogP contribution in [0, 0.1) is 5.92 Å². The normalized spacial score (nSPS) is 28.4. The molecule has 0 saturated carbocycles. The third kappa shape index (κ3) is 3.18. The van der Waals surface area contributed by atoms with Crippen LogP contribution >= 0.6 is 0 Å². The van der Waals surface area contributed by atoms with Crippen LogP contribution in [0.15, 0.2) is 5.11 Å². The second-order valence-electron chi connectivity index (χ2n) is 3.78. The second kappa shape index (κ2) is 5.86. The Balaban J connectivity index is 2.30. The van der Waals surface area contributed by atoms with Crippen LogP contribution in [-0.4, -0.2) is 42.3 Å². The minimum absolute atomic E-state index is 0.143. The van der Waals surface area contributed by atoms with Gasteiger partial charge in [-0.1, -0.05) is 12.0 Å². The van der Waals surface area contributed by atoms with E-state index in [0.717, 1.165) is 32.5 Å². The summed E-state index contributed by atoms with van der Waals surface area (Å²) in [6, 6.07) is 0. The first kappa shape index (κ1) is 11.3. The number of piperidine rings is 1. The molecule has 0 aliphatic carbocycles. The van der Waals surface area contributed by atoms with E-state index in [-0.39, 0.29) is 6.10 Å². The number of aliphatic hydroxyl groups excluding tert-OH is 1. The van der Waals surface area contributed by atoms with Gasteiger partial charge in [-0.3, -0.25) is 0 Å². The summed E-state index contributed by atoms with van der Waals surface area (Å²) in [6.45, 7) is 5.29. The molecule has 1 fully saturated rings. The summed E-state index contributed by atoms with van der Waals surface area (Å²) in [5, 5.41) is 13.2. The summed E-state index contributed by atoms with van der Waals surface area (Å²) in [6.07, 6.45) is 1.71. The van der Waals surface area contributed by atoms with Crippen LogP contribution in [0.3, 0.4) is 0 Å². The number of hydrogen-bond acceptors (Lipinski definition) is 3. The first-order valence-corrected chi connectivity index (χ1v) is 5.19. The quantitative estimate of drug-likeness (QED) is 0.421. The predicted octanol–water partition coefficient (Wildman–Crippen LogP) is 1.39. The average Bonchev–Trinajstić information content (AvgIpc) is 2.21. The summed E-state index contributed by atoms with van der Waals surface area (Å²) >= 11 is 0. The van der Waals surface area contributed by atoms with Gasteiger partial charge in [0, 0.05) is 31.1 Å². The lowest BCUT2D eigenvalue weighted by atomic mass is 9.92. The van der Waals surface area contributed by atoms with E-state index in [1.54, 1.807) is 0 Å². The molecule has 80 valence electrons. The Bertz CT molecular complexity index is 215. The summed E-state index contributed by atoms with van der Waals surface area (Å²) in [5.41, 5.74) is 8.14. The first-order chi connectivity index (χ1) is 6.77. The lowest BCUT2D eigenvalue weighted by Crippen LogP contribution is -2.43. The van der Waals surface area contributed by atoms with E-state index < -0.39 is 0 Å². The minimum Gasteiger partial charge on any atom is -0.393 e. The largest absolute Gasteiger partial charge is 0.393 e. The van der Waals surface area contributed by atoms with Gasteiger partial charge in [-0.25, -0.2) is 0 Å². The molecule has 1 aliphatic rings. The molecule has 1 heterocycles. The molecule has 0 spiro atoms. The lowest BCUT2D eigenvalue weighted by Gasteiger charge is -2.35. The Kier molecular flexibility index (Phi) is 4.73. The van der Waals surface area contributed by atoms with Crippen molar-refractivity contribution in [3.8, 4) is 0 Å². The highest BCUT2D eigenvalue weighted by molar-refractivity contribution is 4.79. The highest BCUT2D eigenvalue weighted by atomic mass is 16.3. The van der Waals surface area contributed by atoms with Crippen LogP contribution in [0.2, 0.25) is 0 Å². The molecule has 0 radical (unpaired) electrons. The van der Waals surface area contributed by atoms with Crippen LogP contribution in [0.5, 0.6) is 0 Å². The molecule has 14 heavy (non-hydrogen) atoms. The molecule has 1 saturated heterocycles. The molecule has 5 heteroatoms. The standard InChI is InChI=1S/C9H18N4O/c1-2-8-7-13(5-3-9(8)14)6-4-11-12-10/h8-9,14H,2-7H2,1H3/t8-,9-/m0/s1. The fourth-order valence-corrected chi connectivity index (χ4v) is 1.93. The van der Waals surface area contributed by atoms with E-state index in [4.69, 9.17) is 5.53 Å². The maximum Gasteiger partial charge on any atom is 0.0592 e. The average molecular weight is 198 g/mol. The maximum absolute atomic E-state index is 9.65. The van der Waals surface area contributed by atoms with Crippen molar-refractivity contribution in [2.24, 2.45) is 11.0 Å². The first-order valence-electron chi connectivity index (χ1n) is 5.19. The number of nitrogens with zero attached hydrogens (tertiary/aromatic N) is 4. The minimum atomic E-state index is -0.143. The molecule has 0 unspecified atom stereocenters. The Morgan fingerprint density at radius 2 is 2.43 bits per heavy atom. The summed E-state index contributed by atoms with van der Waals surface area (Å²) in [7, 11) is 0. The lowest BCUT2D eigenvalue weighted by molar-refractivity contribution is 0.0264. The highest BCUT2D eigenvalue weighted by Crippen LogP contribution is 2.19. The summed E-state index contributed by atoms with van der Waals surface area (Å²) in [5.74, 6) is 0.384. The fourth-order valence-electron chi connectivity index (χ4n) is 1.93. The van der Waals surface area contributed by atoms with Crippen LogP contribution in [0.25, 0.3) is 10.4 Å². The summed E-state index contributed by atoms with van der Waals surface area (Å²) < 4.78 is 0. The molecule has 2 atom stereocenters. The molecule has 0 aromatic carbocycles. The van der Waals surface area contributed by atoms with Crippen molar-refractivity contribution in [3.05, 3.63) is 10.4 Å².